The van der Waals surface area contributed by atoms with Crippen molar-refractivity contribution in [2.75, 3.05) is 26.0 Å². The average Bonchev–Trinajstić information content (AvgIpc) is 2.44. The quantitative estimate of drug-likeness (QED) is 0.791. The third-order valence-corrected chi connectivity index (χ3v) is 3.18. The summed E-state index contributed by atoms with van der Waals surface area (Å²) in [7, 11) is 3.44. The van der Waals surface area contributed by atoms with Crippen molar-refractivity contribution in [2.24, 2.45) is 0 Å². The van der Waals surface area contributed by atoms with Crippen LogP contribution in [0.3, 0.4) is 0 Å². The van der Waals surface area contributed by atoms with Gasteiger partial charge in [-0.15, -0.1) is 0 Å². The molecule has 0 spiro atoms. The molecule has 0 unspecified atom stereocenters. The molecule has 0 aromatic heterocycles. The minimum Gasteiger partial charge on any atom is -0.353 e. The number of nitrogens with one attached hydrogen (secondary N) is 2. The summed E-state index contributed by atoms with van der Waals surface area (Å²) < 4.78 is 0. The Labute approximate surface area is 126 Å². The summed E-state index contributed by atoms with van der Waals surface area (Å²) in [6.45, 7) is 2.39. The molecule has 4 nitrogen and oxygen atoms in total. The second-order valence-electron chi connectivity index (χ2n) is 4.90. The number of benzene rings is 1. The molecule has 1 aromatic carbocycles. The van der Waals surface area contributed by atoms with E-state index in [1.54, 1.807) is 14.1 Å². The fourth-order valence-electron chi connectivity index (χ4n) is 1.62. The van der Waals surface area contributed by atoms with Gasteiger partial charge >= 0.3 is 0 Å². The number of aryl methyl sites for hydroxylation is 1. The topological polar surface area (TPSA) is 44.4 Å². The first kappa shape index (κ1) is 16.4. The summed E-state index contributed by atoms with van der Waals surface area (Å²) in [4.78, 5) is 12.9. The van der Waals surface area contributed by atoms with E-state index < -0.39 is 0 Å². The summed E-state index contributed by atoms with van der Waals surface area (Å²) in [5.74, 6) is -0.0101. The van der Waals surface area contributed by atoms with E-state index in [1.165, 1.54) is 23.3 Å². The molecule has 1 rings (SSSR count). The summed E-state index contributed by atoms with van der Waals surface area (Å²) >= 11 is 5.15. The number of hydrogen-bond acceptors (Lipinski definition) is 2. The van der Waals surface area contributed by atoms with Gasteiger partial charge in [-0.2, -0.15) is 0 Å². The fourth-order valence-corrected chi connectivity index (χ4v) is 1.81. The number of thiocarbonyl (C=S) groups is 1. The Kier molecular flexibility index (Phi) is 7.01. The van der Waals surface area contributed by atoms with Crippen LogP contribution in [-0.4, -0.2) is 36.6 Å². The number of hydrogen-bond donors (Lipinski definition) is 2. The number of unbranched alkanes of at least 4 members (excludes halogenated alkanes) is 1. The number of anilines is 1. The van der Waals surface area contributed by atoms with Crippen LogP contribution in [0.1, 0.15) is 25.3 Å². The molecular formula is C15H23N3OS. The van der Waals surface area contributed by atoms with E-state index in [9.17, 15) is 4.79 Å². The normalized spacial score (nSPS) is 9.95. The second kappa shape index (κ2) is 8.53. The number of likely N-dealkylation sites (N-methyl/N-ethyl adjacent to an activating group) is 1. The molecule has 1 amide bonds. The van der Waals surface area contributed by atoms with Crippen molar-refractivity contribution in [1.82, 2.24) is 10.2 Å². The molecule has 0 heterocycles. The van der Waals surface area contributed by atoms with Crippen LogP contribution in [0.4, 0.5) is 5.69 Å². The maximum absolute atomic E-state index is 11.4. The average molecular weight is 293 g/mol. The van der Waals surface area contributed by atoms with Crippen LogP contribution < -0.4 is 10.6 Å². The third kappa shape index (κ3) is 6.02. The van der Waals surface area contributed by atoms with Crippen molar-refractivity contribution in [3.05, 3.63) is 29.8 Å². The van der Waals surface area contributed by atoms with Gasteiger partial charge in [-0.3, -0.25) is 4.79 Å². The van der Waals surface area contributed by atoms with Crippen LogP contribution in [0.25, 0.3) is 0 Å². The predicted molar refractivity (Wildman–Crippen MR) is 88.0 cm³/mol. The van der Waals surface area contributed by atoms with Gasteiger partial charge in [0.2, 0.25) is 5.91 Å². The number of carbonyl (C=O) groups is 1. The SMILES string of the molecule is CCCCc1ccc(NC(=S)NCC(=O)N(C)C)cc1. The van der Waals surface area contributed by atoms with Gasteiger partial charge < -0.3 is 15.5 Å². The number of carbonyl (C=O) groups excluding carboxylic acids is 1. The molecule has 0 aliphatic rings. The van der Waals surface area contributed by atoms with Crippen LogP contribution in [0.2, 0.25) is 0 Å². The molecule has 2 N–H and O–H groups in total. The van der Waals surface area contributed by atoms with Crippen LogP contribution in [0.5, 0.6) is 0 Å². The molecule has 0 fully saturated rings. The lowest BCUT2D eigenvalue weighted by Crippen LogP contribution is -2.38. The Hall–Kier alpha value is -1.62. The van der Waals surface area contributed by atoms with Crippen LogP contribution in [0.15, 0.2) is 24.3 Å². The van der Waals surface area contributed by atoms with Crippen LogP contribution in [0, 0.1) is 0 Å². The Balaban J connectivity index is 2.40. The van der Waals surface area contributed by atoms with Gasteiger partial charge in [0, 0.05) is 19.8 Å². The van der Waals surface area contributed by atoms with Gasteiger partial charge in [-0.05, 0) is 42.8 Å². The van der Waals surface area contributed by atoms with Crippen molar-refractivity contribution in [3.8, 4) is 0 Å². The highest BCUT2D eigenvalue weighted by molar-refractivity contribution is 7.80. The molecule has 0 saturated carbocycles. The highest BCUT2D eigenvalue weighted by atomic mass is 32.1. The first-order chi connectivity index (χ1) is 9.52. The Morgan fingerprint density at radius 1 is 1.25 bits per heavy atom. The lowest BCUT2D eigenvalue weighted by atomic mass is 10.1. The zero-order valence-electron chi connectivity index (χ0n) is 12.4. The molecule has 0 saturated heterocycles. The predicted octanol–water partition coefficient (Wildman–Crippen LogP) is 2.40. The third-order valence-electron chi connectivity index (χ3n) is 2.93. The standard InChI is InChI=1S/C15H23N3OS/c1-4-5-6-12-7-9-13(10-8-12)17-15(20)16-11-14(19)18(2)3/h7-10H,4-6,11H2,1-3H3,(H2,16,17,20). The summed E-state index contributed by atoms with van der Waals surface area (Å²) in [5.41, 5.74) is 2.26. The molecule has 0 bridgehead atoms. The molecule has 5 heteroatoms. The van der Waals surface area contributed by atoms with Gasteiger partial charge in [0.25, 0.3) is 0 Å². The van der Waals surface area contributed by atoms with Crippen molar-refractivity contribution in [2.45, 2.75) is 26.2 Å². The monoisotopic (exact) mass is 293 g/mol. The minimum absolute atomic E-state index is 0.0101. The Morgan fingerprint density at radius 3 is 2.45 bits per heavy atom. The minimum atomic E-state index is -0.0101. The first-order valence-corrected chi connectivity index (χ1v) is 7.27. The van der Waals surface area contributed by atoms with Crippen molar-refractivity contribution < 1.29 is 4.79 Å². The number of rotatable bonds is 6. The highest BCUT2D eigenvalue weighted by Gasteiger charge is 2.04. The zero-order valence-corrected chi connectivity index (χ0v) is 13.2. The maximum atomic E-state index is 11.4. The zero-order chi connectivity index (χ0) is 15.0. The largest absolute Gasteiger partial charge is 0.353 e. The first-order valence-electron chi connectivity index (χ1n) is 6.87. The van der Waals surface area contributed by atoms with Gasteiger partial charge in [0.05, 0.1) is 6.54 Å². The number of amides is 1. The molecule has 110 valence electrons. The summed E-state index contributed by atoms with van der Waals surface area (Å²) in [5, 5.41) is 6.42. The lowest BCUT2D eigenvalue weighted by Gasteiger charge is -2.13. The van der Waals surface area contributed by atoms with Crippen LogP contribution >= 0.6 is 12.2 Å². The summed E-state index contributed by atoms with van der Waals surface area (Å²) in [6, 6.07) is 8.22. The molecule has 0 atom stereocenters. The van der Waals surface area contributed by atoms with Crippen molar-refractivity contribution >= 4 is 28.9 Å². The van der Waals surface area contributed by atoms with Gasteiger partial charge in [0.1, 0.15) is 0 Å². The van der Waals surface area contributed by atoms with Crippen LogP contribution in [-0.2, 0) is 11.2 Å². The van der Waals surface area contributed by atoms with E-state index in [0.29, 0.717) is 5.11 Å². The maximum Gasteiger partial charge on any atom is 0.241 e. The second-order valence-corrected chi connectivity index (χ2v) is 5.30. The number of nitrogens with zero attached hydrogens (tertiary/aromatic N) is 1. The highest BCUT2D eigenvalue weighted by Crippen LogP contribution is 2.11. The Morgan fingerprint density at radius 2 is 1.90 bits per heavy atom. The van der Waals surface area contributed by atoms with Gasteiger partial charge in [0.15, 0.2) is 5.11 Å². The molecule has 0 aliphatic carbocycles. The summed E-state index contributed by atoms with van der Waals surface area (Å²) in [6.07, 6.45) is 3.52. The molecular weight excluding hydrogens is 270 g/mol. The van der Waals surface area contributed by atoms with E-state index in [4.69, 9.17) is 12.2 Å². The van der Waals surface area contributed by atoms with Crippen molar-refractivity contribution in [3.63, 3.8) is 0 Å². The van der Waals surface area contributed by atoms with Gasteiger partial charge in [-0.25, -0.2) is 0 Å². The van der Waals surface area contributed by atoms with E-state index in [1.807, 2.05) is 12.1 Å². The Bertz CT molecular complexity index is 443. The molecule has 0 aliphatic heterocycles. The van der Waals surface area contributed by atoms with Gasteiger partial charge in [-0.1, -0.05) is 25.5 Å². The molecule has 20 heavy (non-hydrogen) atoms. The van der Waals surface area contributed by atoms with E-state index in [0.717, 1.165) is 12.1 Å². The van der Waals surface area contributed by atoms with E-state index in [-0.39, 0.29) is 12.5 Å². The van der Waals surface area contributed by atoms with E-state index >= 15 is 0 Å². The smallest absolute Gasteiger partial charge is 0.241 e. The molecule has 0 radical (unpaired) electrons. The lowest BCUT2D eigenvalue weighted by molar-refractivity contribution is -0.127. The van der Waals surface area contributed by atoms with Crippen molar-refractivity contribution in [1.29, 1.82) is 0 Å². The fraction of sp³-hybridized carbons (Fsp3) is 0.467. The van der Waals surface area contributed by atoms with E-state index in [2.05, 4.69) is 29.7 Å². The molecule has 1 aromatic rings.